The van der Waals surface area contributed by atoms with Crippen LogP contribution in [0.4, 0.5) is 0 Å². The second kappa shape index (κ2) is 6.97. The molecule has 0 aliphatic carbocycles. The third kappa shape index (κ3) is 4.28. The maximum absolute atomic E-state index is 11.4. The van der Waals surface area contributed by atoms with Crippen molar-refractivity contribution in [1.82, 2.24) is 4.90 Å². The molecule has 0 spiro atoms. The summed E-state index contributed by atoms with van der Waals surface area (Å²) >= 11 is 0. The van der Waals surface area contributed by atoms with Crippen molar-refractivity contribution in [3.63, 3.8) is 0 Å². The van der Waals surface area contributed by atoms with E-state index in [0.29, 0.717) is 25.0 Å². The Bertz CT molecular complexity index is 244. The Morgan fingerprint density at radius 1 is 1.53 bits per heavy atom. The Balaban J connectivity index is 2.32. The molecule has 0 aromatic rings. The van der Waals surface area contributed by atoms with Gasteiger partial charge < -0.3 is 15.4 Å². The lowest BCUT2D eigenvalue weighted by Crippen LogP contribution is -2.39. The standard InChI is InChI=1S/C13H26N2O2/c1-4-17-13(16)11(14)7-9-15-8-5-6-12(15)10(2)3/h10-12H,4-9,14H2,1-3H3. The maximum Gasteiger partial charge on any atom is 0.322 e. The van der Waals surface area contributed by atoms with Gasteiger partial charge in [0.2, 0.25) is 0 Å². The number of esters is 1. The molecule has 0 bridgehead atoms. The minimum absolute atomic E-state index is 0.271. The van der Waals surface area contributed by atoms with Gasteiger partial charge in [-0.1, -0.05) is 13.8 Å². The highest BCUT2D eigenvalue weighted by Gasteiger charge is 2.27. The number of hydrogen-bond donors (Lipinski definition) is 1. The average Bonchev–Trinajstić information content (AvgIpc) is 2.74. The van der Waals surface area contributed by atoms with Crippen molar-refractivity contribution < 1.29 is 9.53 Å². The molecule has 4 heteroatoms. The fourth-order valence-corrected chi connectivity index (χ4v) is 2.56. The SMILES string of the molecule is CCOC(=O)C(N)CCN1CCCC1C(C)C. The Morgan fingerprint density at radius 2 is 2.24 bits per heavy atom. The van der Waals surface area contributed by atoms with Gasteiger partial charge in [0.1, 0.15) is 6.04 Å². The van der Waals surface area contributed by atoms with Gasteiger partial charge in [-0.2, -0.15) is 0 Å². The number of likely N-dealkylation sites (tertiary alicyclic amines) is 1. The summed E-state index contributed by atoms with van der Waals surface area (Å²) in [6.45, 7) is 8.77. The van der Waals surface area contributed by atoms with Crippen molar-refractivity contribution >= 4 is 5.97 Å². The largest absolute Gasteiger partial charge is 0.465 e. The van der Waals surface area contributed by atoms with Crippen LogP contribution in [0.1, 0.15) is 40.0 Å². The second-order valence-corrected chi connectivity index (χ2v) is 5.14. The lowest BCUT2D eigenvalue weighted by Gasteiger charge is -2.28. The van der Waals surface area contributed by atoms with Crippen LogP contribution in [0, 0.1) is 5.92 Å². The molecule has 2 atom stereocenters. The summed E-state index contributed by atoms with van der Waals surface area (Å²) < 4.78 is 4.91. The molecule has 1 saturated heterocycles. The number of ether oxygens (including phenoxy) is 1. The molecule has 0 amide bonds. The van der Waals surface area contributed by atoms with Crippen LogP contribution in [0.15, 0.2) is 0 Å². The van der Waals surface area contributed by atoms with Gasteiger partial charge in [-0.05, 0) is 38.6 Å². The molecule has 2 unspecified atom stereocenters. The van der Waals surface area contributed by atoms with Gasteiger partial charge in [0, 0.05) is 12.6 Å². The molecular formula is C13H26N2O2. The minimum Gasteiger partial charge on any atom is -0.465 e. The van der Waals surface area contributed by atoms with Crippen molar-refractivity contribution in [3.8, 4) is 0 Å². The maximum atomic E-state index is 11.4. The predicted molar refractivity (Wildman–Crippen MR) is 68.7 cm³/mol. The van der Waals surface area contributed by atoms with Gasteiger partial charge in [0.05, 0.1) is 6.61 Å². The summed E-state index contributed by atoms with van der Waals surface area (Å²) in [5, 5.41) is 0. The van der Waals surface area contributed by atoms with Crippen molar-refractivity contribution in [2.45, 2.75) is 52.1 Å². The van der Waals surface area contributed by atoms with E-state index < -0.39 is 6.04 Å². The van der Waals surface area contributed by atoms with Crippen molar-refractivity contribution in [2.24, 2.45) is 11.7 Å². The van der Waals surface area contributed by atoms with E-state index in [-0.39, 0.29) is 5.97 Å². The summed E-state index contributed by atoms with van der Waals surface area (Å²) in [4.78, 5) is 13.9. The van der Waals surface area contributed by atoms with Gasteiger partial charge >= 0.3 is 5.97 Å². The van der Waals surface area contributed by atoms with Crippen LogP contribution in [-0.2, 0) is 9.53 Å². The quantitative estimate of drug-likeness (QED) is 0.715. The molecule has 1 aliphatic heterocycles. The Morgan fingerprint density at radius 3 is 2.82 bits per heavy atom. The van der Waals surface area contributed by atoms with Crippen LogP contribution >= 0.6 is 0 Å². The van der Waals surface area contributed by atoms with E-state index in [2.05, 4.69) is 18.7 Å². The van der Waals surface area contributed by atoms with Crippen LogP contribution in [0.3, 0.4) is 0 Å². The monoisotopic (exact) mass is 242 g/mol. The third-order valence-corrected chi connectivity index (χ3v) is 3.50. The van der Waals surface area contributed by atoms with Crippen molar-refractivity contribution in [2.75, 3.05) is 19.7 Å². The molecule has 0 radical (unpaired) electrons. The zero-order valence-corrected chi connectivity index (χ0v) is 11.3. The molecule has 1 heterocycles. The van der Waals surface area contributed by atoms with E-state index in [4.69, 9.17) is 10.5 Å². The Hall–Kier alpha value is -0.610. The summed E-state index contributed by atoms with van der Waals surface area (Å²) in [6.07, 6.45) is 3.23. The first-order chi connectivity index (χ1) is 8.06. The second-order valence-electron chi connectivity index (χ2n) is 5.14. The first kappa shape index (κ1) is 14.5. The van der Waals surface area contributed by atoms with Crippen LogP contribution in [-0.4, -0.2) is 42.6 Å². The molecule has 17 heavy (non-hydrogen) atoms. The van der Waals surface area contributed by atoms with Crippen molar-refractivity contribution in [3.05, 3.63) is 0 Å². The van der Waals surface area contributed by atoms with Gasteiger partial charge in [-0.3, -0.25) is 4.79 Å². The Kier molecular flexibility index (Phi) is 5.92. The fraction of sp³-hybridized carbons (Fsp3) is 0.923. The zero-order chi connectivity index (χ0) is 12.8. The van der Waals surface area contributed by atoms with E-state index >= 15 is 0 Å². The van der Waals surface area contributed by atoms with E-state index in [9.17, 15) is 4.79 Å². The number of rotatable bonds is 6. The molecule has 0 aromatic heterocycles. The molecular weight excluding hydrogens is 216 g/mol. The lowest BCUT2D eigenvalue weighted by atomic mass is 10.0. The van der Waals surface area contributed by atoms with Gasteiger partial charge in [0.25, 0.3) is 0 Å². The molecule has 2 N–H and O–H groups in total. The average molecular weight is 242 g/mol. The highest BCUT2D eigenvalue weighted by molar-refractivity contribution is 5.75. The predicted octanol–water partition coefficient (Wildman–Crippen LogP) is 1.39. The van der Waals surface area contributed by atoms with Crippen LogP contribution in [0.2, 0.25) is 0 Å². The number of carbonyl (C=O) groups is 1. The summed E-state index contributed by atoms with van der Waals surface area (Å²) in [5.41, 5.74) is 5.80. The zero-order valence-electron chi connectivity index (χ0n) is 11.3. The first-order valence-electron chi connectivity index (χ1n) is 6.72. The number of carbonyl (C=O) groups excluding carboxylic acids is 1. The molecule has 100 valence electrons. The summed E-state index contributed by atoms with van der Waals surface area (Å²) in [7, 11) is 0. The van der Waals surface area contributed by atoms with E-state index in [0.717, 1.165) is 13.1 Å². The third-order valence-electron chi connectivity index (χ3n) is 3.50. The van der Waals surface area contributed by atoms with Crippen LogP contribution in [0.5, 0.6) is 0 Å². The topological polar surface area (TPSA) is 55.6 Å². The molecule has 1 fully saturated rings. The number of nitrogens with two attached hydrogens (primary N) is 1. The summed E-state index contributed by atoms with van der Waals surface area (Å²) in [5.74, 6) is 0.407. The van der Waals surface area contributed by atoms with Crippen LogP contribution in [0.25, 0.3) is 0 Å². The normalized spacial score (nSPS) is 23.0. The minimum atomic E-state index is -0.469. The first-order valence-corrected chi connectivity index (χ1v) is 6.72. The highest BCUT2D eigenvalue weighted by Crippen LogP contribution is 2.23. The molecule has 1 aliphatic rings. The van der Waals surface area contributed by atoms with Gasteiger partial charge in [-0.25, -0.2) is 0 Å². The Labute approximate surface area is 104 Å². The molecule has 0 saturated carbocycles. The molecule has 0 aromatic carbocycles. The molecule has 1 rings (SSSR count). The number of nitrogens with zero attached hydrogens (tertiary/aromatic N) is 1. The summed E-state index contributed by atoms with van der Waals surface area (Å²) in [6, 6.07) is 0.188. The van der Waals surface area contributed by atoms with E-state index in [1.165, 1.54) is 12.8 Å². The smallest absolute Gasteiger partial charge is 0.322 e. The lowest BCUT2D eigenvalue weighted by molar-refractivity contribution is -0.144. The highest BCUT2D eigenvalue weighted by atomic mass is 16.5. The van der Waals surface area contributed by atoms with Crippen molar-refractivity contribution in [1.29, 1.82) is 0 Å². The van der Waals surface area contributed by atoms with Gasteiger partial charge in [0.15, 0.2) is 0 Å². The number of hydrogen-bond acceptors (Lipinski definition) is 4. The van der Waals surface area contributed by atoms with E-state index in [1.54, 1.807) is 6.92 Å². The molecule has 4 nitrogen and oxygen atoms in total. The van der Waals surface area contributed by atoms with Crippen LogP contribution < -0.4 is 5.73 Å². The fourth-order valence-electron chi connectivity index (χ4n) is 2.56. The van der Waals surface area contributed by atoms with E-state index in [1.807, 2.05) is 0 Å². The van der Waals surface area contributed by atoms with Gasteiger partial charge in [-0.15, -0.1) is 0 Å².